The molecule has 0 unspecified atom stereocenters. The van der Waals surface area contributed by atoms with Crippen LogP contribution >= 0.6 is 12.2 Å². The van der Waals surface area contributed by atoms with Gasteiger partial charge in [0.05, 0.1) is 17.4 Å². The Hall–Kier alpha value is -2.01. The molecule has 1 aromatic heterocycles. The number of rotatable bonds is 4. The normalized spacial score (nSPS) is 12.0. The molecule has 1 atom stereocenters. The van der Waals surface area contributed by atoms with Gasteiger partial charge in [0.1, 0.15) is 5.82 Å². The number of benzene rings is 1. The van der Waals surface area contributed by atoms with Crippen molar-refractivity contribution in [3.63, 3.8) is 0 Å². The Bertz CT molecular complexity index is 631. The molecule has 0 saturated heterocycles. The molecule has 5 heteroatoms. The Morgan fingerprint density at radius 1 is 1.14 bits per heavy atom. The largest absolute Gasteiger partial charge is 0.338 e. The molecule has 1 heterocycles. The summed E-state index contributed by atoms with van der Waals surface area (Å²) < 4.78 is 13.8. The molecule has 1 N–H and O–H groups in total. The van der Waals surface area contributed by atoms with Crippen LogP contribution in [0.4, 0.5) is 10.1 Å². The lowest BCUT2D eigenvalue weighted by atomic mass is 10.1. The SMILES string of the molecule is CC(C)N(C(=S)Nc1ccccc1F)[C@@H](C)c1ccccn1. The molecule has 1 aromatic carbocycles. The predicted octanol–water partition coefficient (Wildman–Crippen LogP) is 4.39. The van der Waals surface area contributed by atoms with Crippen molar-refractivity contribution in [1.29, 1.82) is 0 Å². The number of thiocarbonyl (C=S) groups is 1. The van der Waals surface area contributed by atoms with E-state index < -0.39 is 0 Å². The second-order valence-electron chi connectivity index (χ2n) is 5.34. The average molecular weight is 317 g/mol. The number of aromatic nitrogens is 1. The molecule has 2 rings (SSSR count). The second kappa shape index (κ2) is 7.31. The van der Waals surface area contributed by atoms with Gasteiger partial charge >= 0.3 is 0 Å². The fourth-order valence-electron chi connectivity index (χ4n) is 2.37. The molecule has 0 saturated carbocycles. The van der Waals surface area contributed by atoms with Crippen LogP contribution in [-0.2, 0) is 0 Å². The summed E-state index contributed by atoms with van der Waals surface area (Å²) >= 11 is 5.49. The van der Waals surface area contributed by atoms with Gasteiger partial charge in [-0.3, -0.25) is 4.98 Å². The van der Waals surface area contributed by atoms with Crippen LogP contribution in [0.1, 0.15) is 32.5 Å². The van der Waals surface area contributed by atoms with E-state index in [4.69, 9.17) is 12.2 Å². The minimum absolute atomic E-state index is 0.00651. The first-order valence-electron chi connectivity index (χ1n) is 7.25. The molecule has 0 aliphatic rings. The molecule has 2 aromatic rings. The first-order valence-corrected chi connectivity index (χ1v) is 7.66. The van der Waals surface area contributed by atoms with Crippen LogP contribution in [0.3, 0.4) is 0 Å². The maximum atomic E-state index is 13.8. The van der Waals surface area contributed by atoms with E-state index in [1.54, 1.807) is 24.4 Å². The number of hydrogen-bond acceptors (Lipinski definition) is 2. The van der Waals surface area contributed by atoms with Gasteiger partial charge in [0.15, 0.2) is 5.11 Å². The van der Waals surface area contributed by atoms with Gasteiger partial charge in [-0.25, -0.2) is 4.39 Å². The van der Waals surface area contributed by atoms with Crippen molar-refractivity contribution in [3.8, 4) is 0 Å². The Labute approximate surface area is 136 Å². The number of anilines is 1. The van der Waals surface area contributed by atoms with E-state index in [2.05, 4.69) is 24.1 Å². The number of nitrogens with one attached hydrogen (secondary N) is 1. The van der Waals surface area contributed by atoms with Crippen molar-refractivity contribution in [3.05, 3.63) is 60.2 Å². The second-order valence-corrected chi connectivity index (χ2v) is 5.73. The Balaban J connectivity index is 2.21. The highest BCUT2D eigenvalue weighted by Crippen LogP contribution is 2.23. The molecule has 3 nitrogen and oxygen atoms in total. The number of pyridine rings is 1. The summed E-state index contributed by atoms with van der Waals surface area (Å²) in [5.41, 5.74) is 1.31. The third-order valence-corrected chi connectivity index (χ3v) is 3.75. The highest BCUT2D eigenvalue weighted by atomic mass is 32.1. The van der Waals surface area contributed by atoms with Crippen molar-refractivity contribution < 1.29 is 4.39 Å². The zero-order valence-electron chi connectivity index (χ0n) is 13.0. The molecule has 116 valence electrons. The number of para-hydroxylation sites is 1. The van der Waals surface area contributed by atoms with E-state index in [1.165, 1.54) is 6.07 Å². The topological polar surface area (TPSA) is 28.2 Å². The highest BCUT2D eigenvalue weighted by Gasteiger charge is 2.22. The summed E-state index contributed by atoms with van der Waals surface area (Å²) in [5.74, 6) is -0.320. The lowest BCUT2D eigenvalue weighted by Gasteiger charge is -2.35. The minimum atomic E-state index is -0.320. The van der Waals surface area contributed by atoms with E-state index in [-0.39, 0.29) is 17.9 Å². The van der Waals surface area contributed by atoms with Gasteiger partial charge < -0.3 is 10.2 Å². The zero-order valence-corrected chi connectivity index (χ0v) is 13.8. The number of halogens is 1. The van der Waals surface area contributed by atoms with Gasteiger partial charge in [-0.2, -0.15) is 0 Å². The quantitative estimate of drug-likeness (QED) is 0.847. The molecule has 0 bridgehead atoms. The van der Waals surface area contributed by atoms with Gasteiger partial charge in [-0.1, -0.05) is 18.2 Å². The third kappa shape index (κ3) is 3.80. The molecule has 0 fully saturated rings. The van der Waals surface area contributed by atoms with E-state index in [1.807, 2.05) is 30.0 Å². The lowest BCUT2D eigenvalue weighted by Crippen LogP contribution is -2.42. The van der Waals surface area contributed by atoms with E-state index >= 15 is 0 Å². The number of hydrogen-bond donors (Lipinski definition) is 1. The van der Waals surface area contributed by atoms with Crippen LogP contribution in [0, 0.1) is 5.82 Å². The smallest absolute Gasteiger partial charge is 0.174 e. The Morgan fingerprint density at radius 2 is 1.82 bits per heavy atom. The first kappa shape index (κ1) is 16.4. The Kier molecular flexibility index (Phi) is 5.44. The molecular weight excluding hydrogens is 297 g/mol. The van der Waals surface area contributed by atoms with Crippen molar-refractivity contribution in [2.45, 2.75) is 32.9 Å². The predicted molar refractivity (Wildman–Crippen MR) is 92.2 cm³/mol. The molecule has 0 spiro atoms. The molecule has 0 aliphatic carbocycles. The van der Waals surface area contributed by atoms with E-state index in [0.29, 0.717) is 10.8 Å². The maximum absolute atomic E-state index is 13.8. The van der Waals surface area contributed by atoms with Crippen LogP contribution < -0.4 is 5.32 Å². The lowest BCUT2D eigenvalue weighted by molar-refractivity contribution is 0.280. The van der Waals surface area contributed by atoms with Crippen LogP contribution in [-0.4, -0.2) is 21.0 Å². The van der Waals surface area contributed by atoms with Gasteiger partial charge in [0.25, 0.3) is 0 Å². The zero-order chi connectivity index (χ0) is 16.1. The third-order valence-electron chi connectivity index (χ3n) is 3.44. The van der Waals surface area contributed by atoms with Crippen LogP contribution in [0.5, 0.6) is 0 Å². The van der Waals surface area contributed by atoms with E-state index in [9.17, 15) is 4.39 Å². The summed E-state index contributed by atoms with van der Waals surface area (Å²) in [6, 6.07) is 12.5. The van der Waals surface area contributed by atoms with Crippen LogP contribution in [0.15, 0.2) is 48.7 Å². The van der Waals surface area contributed by atoms with Crippen LogP contribution in [0.2, 0.25) is 0 Å². The molecule has 0 aliphatic heterocycles. The summed E-state index contributed by atoms with van der Waals surface area (Å²) in [7, 11) is 0. The summed E-state index contributed by atoms with van der Waals surface area (Å²) in [5, 5.41) is 3.48. The van der Waals surface area contributed by atoms with Crippen molar-refractivity contribution in [2.24, 2.45) is 0 Å². The highest BCUT2D eigenvalue weighted by molar-refractivity contribution is 7.80. The van der Waals surface area contributed by atoms with Gasteiger partial charge in [0, 0.05) is 12.2 Å². The minimum Gasteiger partial charge on any atom is -0.338 e. The van der Waals surface area contributed by atoms with Crippen molar-refractivity contribution >= 4 is 23.0 Å². The van der Waals surface area contributed by atoms with E-state index in [0.717, 1.165) is 5.69 Å². The van der Waals surface area contributed by atoms with Crippen molar-refractivity contribution in [1.82, 2.24) is 9.88 Å². The fourth-order valence-corrected chi connectivity index (χ4v) is 2.84. The molecule has 0 radical (unpaired) electrons. The van der Waals surface area contributed by atoms with Crippen LogP contribution in [0.25, 0.3) is 0 Å². The summed E-state index contributed by atoms with van der Waals surface area (Å²) in [6.07, 6.45) is 1.76. The van der Waals surface area contributed by atoms with Gasteiger partial charge in [-0.15, -0.1) is 0 Å². The first-order chi connectivity index (χ1) is 10.5. The summed E-state index contributed by atoms with van der Waals surface area (Å²) in [4.78, 5) is 6.40. The summed E-state index contributed by atoms with van der Waals surface area (Å²) in [6.45, 7) is 6.14. The Morgan fingerprint density at radius 3 is 2.41 bits per heavy atom. The van der Waals surface area contributed by atoms with Gasteiger partial charge in [-0.05, 0) is 57.3 Å². The average Bonchev–Trinajstić information content (AvgIpc) is 2.50. The molecule has 0 amide bonds. The maximum Gasteiger partial charge on any atom is 0.174 e. The number of nitrogens with zero attached hydrogens (tertiary/aromatic N) is 2. The monoisotopic (exact) mass is 317 g/mol. The van der Waals surface area contributed by atoms with Crippen molar-refractivity contribution in [2.75, 3.05) is 5.32 Å². The fraction of sp³-hybridized carbons (Fsp3) is 0.294. The van der Waals surface area contributed by atoms with Gasteiger partial charge in [0.2, 0.25) is 0 Å². The standard InChI is InChI=1S/C17H20FN3S/c1-12(2)21(13(3)15-9-6-7-11-19-15)17(22)20-16-10-5-4-8-14(16)18/h4-13H,1-3H3,(H,20,22)/t13-/m0/s1. The molecular formula is C17H20FN3S. The molecule has 22 heavy (non-hydrogen) atoms.